The standard InChI is InChI=1S/C16H24O2/c1-6-18-16(17)9-7-8-15-10-11(2)12(3)13(4)14(15)5/h10H,6-9H2,1-5H3. The maximum absolute atomic E-state index is 11.3. The summed E-state index contributed by atoms with van der Waals surface area (Å²) in [5.41, 5.74) is 6.81. The number of benzene rings is 1. The summed E-state index contributed by atoms with van der Waals surface area (Å²) >= 11 is 0. The molecule has 0 aromatic heterocycles. The molecule has 0 amide bonds. The summed E-state index contributed by atoms with van der Waals surface area (Å²) in [5, 5.41) is 0. The zero-order valence-corrected chi connectivity index (χ0v) is 12.2. The number of hydrogen-bond acceptors (Lipinski definition) is 2. The van der Waals surface area contributed by atoms with Gasteiger partial charge in [0, 0.05) is 6.42 Å². The van der Waals surface area contributed by atoms with Gasteiger partial charge in [0.05, 0.1) is 6.61 Å². The first-order chi connectivity index (χ1) is 8.47. The van der Waals surface area contributed by atoms with Gasteiger partial charge in [0.25, 0.3) is 0 Å². The molecule has 0 heterocycles. The zero-order valence-electron chi connectivity index (χ0n) is 12.2. The predicted molar refractivity (Wildman–Crippen MR) is 75.0 cm³/mol. The Morgan fingerprint density at radius 2 is 1.78 bits per heavy atom. The van der Waals surface area contributed by atoms with Crippen LogP contribution in [0.1, 0.15) is 47.6 Å². The number of carbonyl (C=O) groups excluding carboxylic acids is 1. The first-order valence-electron chi connectivity index (χ1n) is 6.69. The lowest BCUT2D eigenvalue weighted by Gasteiger charge is -2.14. The quantitative estimate of drug-likeness (QED) is 0.741. The predicted octanol–water partition coefficient (Wildman–Crippen LogP) is 3.81. The molecule has 0 aliphatic carbocycles. The van der Waals surface area contributed by atoms with Crippen molar-refractivity contribution in [2.75, 3.05) is 6.61 Å². The van der Waals surface area contributed by atoms with Crippen molar-refractivity contribution in [3.05, 3.63) is 33.9 Å². The molecule has 0 bridgehead atoms. The van der Waals surface area contributed by atoms with Gasteiger partial charge in [-0.1, -0.05) is 6.07 Å². The van der Waals surface area contributed by atoms with Crippen molar-refractivity contribution < 1.29 is 9.53 Å². The van der Waals surface area contributed by atoms with Crippen molar-refractivity contribution in [1.82, 2.24) is 0 Å². The fourth-order valence-corrected chi connectivity index (χ4v) is 2.21. The number of carbonyl (C=O) groups is 1. The fourth-order valence-electron chi connectivity index (χ4n) is 2.21. The molecule has 0 spiro atoms. The Morgan fingerprint density at radius 1 is 1.11 bits per heavy atom. The summed E-state index contributed by atoms with van der Waals surface area (Å²) in [6.07, 6.45) is 2.33. The SMILES string of the molecule is CCOC(=O)CCCc1cc(C)c(C)c(C)c1C. The van der Waals surface area contributed by atoms with Gasteiger partial charge in [-0.2, -0.15) is 0 Å². The molecule has 0 saturated carbocycles. The lowest BCUT2D eigenvalue weighted by Crippen LogP contribution is -2.05. The molecule has 0 aliphatic heterocycles. The molecule has 100 valence electrons. The lowest BCUT2D eigenvalue weighted by molar-refractivity contribution is -0.143. The first-order valence-corrected chi connectivity index (χ1v) is 6.69. The third kappa shape index (κ3) is 3.59. The number of hydrogen-bond donors (Lipinski definition) is 0. The van der Waals surface area contributed by atoms with Gasteiger partial charge >= 0.3 is 5.97 Å². The summed E-state index contributed by atoms with van der Waals surface area (Å²) in [6.45, 7) is 11.0. The molecule has 0 saturated heterocycles. The van der Waals surface area contributed by atoms with Gasteiger partial charge in [-0.15, -0.1) is 0 Å². The van der Waals surface area contributed by atoms with Crippen LogP contribution in [0, 0.1) is 27.7 Å². The van der Waals surface area contributed by atoms with Crippen LogP contribution in [-0.2, 0) is 16.0 Å². The molecule has 1 rings (SSSR count). The van der Waals surface area contributed by atoms with Crippen molar-refractivity contribution in [3.8, 4) is 0 Å². The highest BCUT2D eigenvalue weighted by atomic mass is 16.5. The normalized spacial score (nSPS) is 10.5. The summed E-state index contributed by atoms with van der Waals surface area (Å²) in [7, 11) is 0. The zero-order chi connectivity index (χ0) is 13.7. The minimum atomic E-state index is -0.0873. The van der Waals surface area contributed by atoms with Crippen LogP contribution in [0.4, 0.5) is 0 Å². The molecule has 2 heteroatoms. The minimum Gasteiger partial charge on any atom is -0.466 e. The molecule has 2 nitrogen and oxygen atoms in total. The summed E-state index contributed by atoms with van der Waals surface area (Å²) < 4.78 is 4.94. The minimum absolute atomic E-state index is 0.0873. The van der Waals surface area contributed by atoms with Gasteiger partial charge < -0.3 is 4.74 Å². The van der Waals surface area contributed by atoms with E-state index >= 15 is 0 Å². The van der Waals surface area contributed by atoms with E-state index in [1.807, 2.05) is 6.92 Å². The number of aryl methyl sites for hydroxylation is 2. The molecule has 0 N–H and O–H groups in total. The molecule has 18 heavy (non-hydrogen) atoms. The van der Waals surface area contributed by atoms with E-state index in [9.17, 15) is 4.79 Å². The highest BCUT2D eigenvalue weighted by Gasteiger charge is 2.08. The molecule has 0 fully saturated rings. The summed E-state index contributed by atoms with van der Waals surface area (Å²) in [6, 6.07) is 2.25. The Labute approximate surface area is 110 Å². The maximum Gasteiger partial charge on any atom is 0.305 e. The second kappa shape index (κ2) is 6.58. The Kier molecular flexibility index (Phi) is 5.39. The van der Waals surface area contributed by atoms with Crippen molar-refractivity contribution in [3.63, 3.8) is 0 Å². The average molecular weight is 248 g/mol. The molecule has 1 aromatic carbocycles. The van der Waals surface area contributed by atoms with Crippen LogP contribution in [0.5, 0.6) is 0 Å². The van der Waals surface area contributed by atoms with Crippen LogP contribution in [0.15, 0.2) is 6.07 Å². The highest BCUT2D eigenvalue weighted by molar-refractivity contribution is 5.69. The van der Waals surface area contributed by atoms with Crippen LogP contribution >= 0.6 is 0 Å². The topological polar surface area (TPSA) is 26.3 Å². The number of rotatable bonds is 5. The molecular weight excluding hydrogens is 224 g/mol. The molecule has 0 unspecified atom stereocenters. The van der Waals surface area contributed by atoms with Crippen LogP contribution < -0.4 is 0 Å². The number of ether oxygens (including phenoxy) is 1. The van der Waals surface area contributed by atoms with Crippen molar-refractivity contribution in [1.29, 1.82) is 0 Å². The maximum atomic E-state index is 11.3. The van der Waals surface area contributed by atoms with E-state index in [2.05, 4.69) is 33.8 Å². The lowest BCUT2D eigenvalue weighted by atomic mass is 9.92. The fraction of sp³-hybridized carbons (Fsp3) is 0.562. The van der Waals surface area contributed by atoms with Crippen LogP contribution in [0.25, 0.3) is 0 Å². The van der Waals surface area contributed by atoms with E-state index in [4.69, 9.17) is 4.74 Å². The number of esters is 1. The van der Waals surface area contributed by atoms with Crippen molar-refractivity contribution in [2.24, 2.45) is 0 Å². The Bertz CT molecular complexity index is 433. The largest absolute Gasteiger partial charge is 0.466 e. The van der Waals surface area contributed by atoms with Gasteiger partial charge in [-0.05, 0) is 75.3 Å². The highest BCUT2D eigenvalue weighted by Crippen LogP contribution is 2.22. The van der Waals surface area contributed by atoms with E-state index in [0.29, 0.717) is 13.0 Å². The third-order valence-corrected chi connectivity index (χ3v) is 3.72. The van der Waals surface area contributed by atoms with Gasteiger partial charge in [-0.3, -0.25) is 4.79 Å². The molecule has 0 aliphatic rings. The van der Waals surface area contributed by atoms with Gasteiger partial charge in [0.15, 0.2) is 0 Å². The molecule has 0 atom stereocenters. The van der Waals surface area contributed by atoms with Crippen LogP contribution in [0.2, 0.25) is 0 Å². The van der Waals surface area contributed by atoms with E-state index in [1.54, 1.807) is 0 Å². The van der Waals surface area contributed by atoms with Crippen LogP contribution in [0.3, 0.4) is 0 Å². The van der Waals surface area contributed by atoms with Gasteiger partial charge in [0.2, 0.25) is 0 Å². The molecular formula is C16H24O2. The first kappa shape index (κ1) is 14.7. The average Bonchev–Trinajstić information content (AvgIpc) is 2.33. The van der Waals surface area contributed by atoms with Gasteiger partial charge in [-0.25, -0.2) is 0 Å². The van der Waals surface area contributed by atoms with E-state index in [-0.39, 0.29) is 5.97 Å². The van der Waals surface area contributed by atoms with Gasteiger partial charge in [0.1, 0.15) is 0 Å². The Balaban J connectivity index is 2.66. The Hall–Kier alpha value is -1.31. The summed E-state index contributed by atoms with van der Waals surface area (Å²) in [4.78, 5) is 11.3. The van der Waals surface area contributed by atoms with E-state index < -0.39 is 0 Å². The second-order valence-corrected chi connectivity index (χ2v) is 4.89. The Morgan fingerprint density at radius 3 is 2.39 bits per heavy atom. The smallest absolute Gasteiger partial charge is 0.305 e. The second-order valence-electron chi connectivity index (χ2n) is 4.89. The molecule has 0 radical (unpaired) electrons. The van der Waals surface area contributed by atoms with E-state index in [1.165, 1.54) is 27.8 Å². The van der Waals surface area contributed by atoms with Crippen molar-refractivity contribution in [2.45, 2.75) is 53.9 Å². The van der Waals surface area contributed by atoms with Crippen molar-refractivity contribution >= 4 is 5.97 Å². The van der Waals surface area contributed by atoms with E-state index in [0.717, 1.165) is 12.8 Å². The molecule has 1 aromatic rings. The monoisotopic (exact) mass is 248 g/mol. The third-order valence-electron chi connectivity index (χ3n) is 3.72. The van der Waals surface area contributed by atoms with Crippen LogP contribution in [-0.4, -0.2) is 12.6 Å². The summed E-state index contributed by atoms with van der Waals surface area (Å²) in [5.74, 6) is -0.0873.